The van der Waals surface area contributed by atoms with E-state index in [1.165, 1.54) is 20.4 Å². The van der Waals surface area contributed by atoms with Crippen LogP contribution in [0.3, 0.4) is 0 Å². The Morgan fingerprint density at radius 3 is 2.38 bits per heavy atom. The van der Waals surface area contributed by atoms with Crippen molar-refractivity contribution in [3.8, 4) is 0 Å². The molecule has 172 valence electrons. The van der Waals surface area contributed by atoms with Crippen LogP contribution in [-0.2, 0) is 23.9 Å². The number of carbonyl (C=O) groups is 3. The lowest BCUT2D eigenvalue weighted by Crippen LogP contribution is -2.58. The fourth-order valence-corrected chi connectivity index (χ4v) is 4.52. The number of dihydropyridines is 1. The van der Waals surface area contributed by atoms with Crippen molar-refractivity contribution in [3.63, 3.8) is 0 Å². The number of nitrogens with zero attached hydrogens (tertiary/aromatic N) is 1. The van der Waals surface area contributed by atoms with E-state index in [2.05, 4.69) is 10.6 Å². The summed E-state index contributed by atoms with van der Waals surface area (Å²) in [5.41, 5.74) is 1.58. The first-order valence-electron chi connectivity index (χ1n) is 10.1. The smallest absolute Gasteiger partial charge is 0.335 e. The van der Waals surface area contributed by atoms with Gasteiger partial charge in [0.05, 0.1) is 47.1 Å². The van der Waals surface area contributed by atoms with E-state index in [1.807, 2.05) is 11.8 Å². The van der Waals surface area contributed by atoms with Crippen LogP contribution in [-0.4, -0.2) is 57.1 Å². The minimum absolute atomic E-state index is 0.00392. The van der Waals surface area contributed by atoms with Gasteiger partial charge in [0.25, 0.3) is 0 Å². The Morgan fingerprint density at radius 2 is 1.75 bits per heavy atom. The lowest BCUT2D eigenvalue weighted by atomic mass is 9.95. The van der Waals surface area contributed by atoms with Crippen molar-refractivity contribution < 1.29 is 23.9 Å². The van der Waals surface area contributed by atoms with Crippen LogP contribution >= 0.6 is 23.2 Å². The van der Waals surface area contributed by atoms with Crippen molar-refractivity contribution in [1.29, 1.82) is 0 Å². The number of methoxy groups -OCH3 is 2. The van der Waals surface area contributed by atoms with Crippen molar-refractivity contribution in [2.75, 3.05) is 32.2 Å². The number of allylic oxidation sites excluding steroid dienone is 1. The lowest BCUT2D eigenvalue weighted by molar-refractivity contribution is -0.136. The molecular weight excluding hydrogens is 457 g/mol. The van der Waals surface area contributed by atoms with Crippen LogP contribution in [0, 0.1) is 0 Å². The molecule has 32 heavy (non-hydrogen) atoms. The van der Waals surface area contributed by atoms with E-state index in [-0.39, 0.29) is 35.8 Å². The zero-order valence-corrected chi connectivity index (χ0v) is 19.5. The molecule has 0 bridgehead atoms. The third kappa shape index (κ3) is 5.26. The molecule has 1 aromatic carbocycles. The largest absolute Gasteiger partial charge is 0.466 e. The van der Waals surface area contributed by atoms with Crippen molar-refractivity contribution in [2.45, 2.75) is 31.8 Å². The van der Waals surface area contributed by atoms with Gasteiger partial charge in [-0.1, -0.05) is 29.3 Å². The van der Waals surface area contributed by atoms with Gasteiger partial charge in [-0.25, -0.2) is 9.59 Å². The molecule has 2 aliphatic rings. The highest BCUT2D eigenvalue weighted by atomic mass is 35.5. The Balaban J connectivity index is 1.79. The van der Waals surface area contributed by atoms with Crippen LogP contribution in [0.1, 0.15) is 19.8 Å². The van der Waals surface area contributed by atoms with E-state index in [9.17, 15) is 14.4 Å². The number of rotatable bonds is 6. The highest BCUT2D eigenvalue weighted by molar-refractivity contribution is 6.39. The van der Waals surface area contributed by atoms with Crippen molar-refractivity contribution in [1.82, 2.24) is 10.6 Å². The summed E-state index contributed by atoms with van der Waals surface area (Å²) in [6, 6.07) is 4.79. The van der Waals surface area contributed by atoms with E-state index in [0.29, 0.717) is 34.5 Å². The van der Waals surface area contributed by atoms with Crippen LogP contribution in [0.5, 0.6) is 0 Å². The first kappa shape index (κ1) is 24.1. The van der Waals surface area contributed by atoms with Gasteiger partial charge in [-0.05, 0) is 19.1 Å². The maximum absolute atomic E-state index is 13.2. The summed E-state index contributed by atoms with van der Waals surface area (Å²) < 4.78 is 9.57. The molecule has 3 rings (SSSR count). The molecule has 1 fully saturated rings. The number of carbonyl (C=O) groups excluding carboxylic acids is 3. The number of piperazine rings is 1. The molecule has 0 saturated carbocycles. The normalized spacial score (nSPS) is 20.9. The Morgan fingerprint density at radius 1 is 1.09 bits per heavy atom. The Hall–Kier alpha value is -2.55. The number of para-hydroxylation sites is 1. The number of ether oxygens (including phenoxy) is 2. The monoisotopic (exact) mass is 481 g/mol. The summed E-state index contributed by atoms with van der Waals surface area (Å²) in [6.45, 7) is 2.98. The Bertz CT molecular complexity index is 972. The first-order chi connectivity index (χ1) is 15.2. The van der Waals surface area contributed by atoms with Gasteiger partial charge in [0.2, 0.25) is 0 Å². The molecule has 8 nitrogen and oxygen atoms in total. The summed E-state index contributed by atoms with van der Waals surface area (Å²) in [5.74, 6) is -1.29. The molecule has 0 radical (unpaired) electrons. The molecule has 0 aromatic heterocycles. The Kier molecular flexibility index (Phi) is 7.82. The van der Waals surface area contributed by atoms with Crippen molar-refractivity contribution in [3.05, 3.63) is 51.3 Å². The number of ketones is 1. The van der Waals surface area contributed by atoms with Gasteiger partial charge in [-0.15, -0.1) is 0 Å². The van der Waals surface area contributed by atoms with Crippen LogP contribution in [0.2, 0.25) is 10.0 Å². The van der Waals surface area contributed by atoms with Gasteiger partial charge in [0, 0.05) is 43.9 Å². The maximum Gasteiger partial charge on any atom is 0.335 e. The van der Waals surface area contributed by atoms with Crippen LogP contribution in [0.25, 0.3) is 0 Å². The number of esters is 2. The first-order valence-corrected chi connectivity index (χ1v) is 10.8. The summed E-state index contributed by atoms with van der Waals surface area (Å²) in [5, 5.41) is 7.24. The number of halogens is 2. The number of anilines is 1. The molecule has 0 amide bonds. The average Bonchev–Trinajstić information content (AvgIpc) is 2.77. The Labute approximate surface area is 196 Å². The number of nitrogens with one attached hydrogen (secondary N) is 2. The standard InChI is InChI=1S/C22H25Cl2N3O5/c1-12-10-27(20-15(23)5-4-6-16(20)24)11-18(26-12)19(28)8-17-14(22(30)32-3)7-13(9-25-17)21(29)31-2/h4-6,9,12,18,25-26H,7-8,10-11H2,1-3H3. The van der Waals surface area contributed by atoms with Gasteiger partial charge in [0.1, 0.15) is 0 Å². The van der Waals surface area contributed by atoms with Crippen molar-refractivity contribution >= 4 is 46.6 Å². The fraction of sp³-hybridized carbons (Fsp3) is 0.409. The molecule has 2 heterocycles. The van der Waals surface area contributed by atoms with Crippen LogP contribution < -0.4 is 15.5 Å². The zero-order chi connectivity index (χ0) is 23.4. The van der Waals surface area contributed by atoms with Gasteiger partial charge < -0.3 is 25.0 Å². The minimum atomic E-state index is -0.607. The third-order valence-corrected chi connectivity index (χ3v) is 6.02. The van der Waals surface area contributed by atoms with Gasteiger partial charge in [-0.3, -0.25) is 4.79 Å². The van der Waals surface area contributed by atoms with E-state index < -0.39 is 18.0 Å². The predicted molar refractivity (Wildman–Crippen MR) is 122 cm³/mol. The minimum Gasteiger partial charge on any atom is -0.466 e. The molecule has 2 aliphatic heterocycles. The molecule has 1 saturated heterocycles. The number of hydrogen-bond acceptors (Lipinski definition) is 8. The van der Waals surface area contributed by atoms with Gasteiger partial charge >= 0.3 is 11.9 Å². The highest BCUT2D eigenvalue weighted by Gasteiger charge is 2.33. The quantitative estimate of drug-likeness (QED) is 0.598. The predicted octanol–water partition coefficient (Wildman–Crippen LogP) is 2.60. The van der Waals surface area contributed by atoms with E-state index in [0.717, 1.165) is 0 Å². The van der Waals surface area contributed by atoms with Gasteiger partial charge in [0.15, 0.2) is 5.78 Å². The third-order valence-electron chi connectivity index (χ3n) is 5.41. The highest BCUT2D eigenvalue weighted by Crippen LogP contribution is 2.34. The van der Waals surface area contributed by atoms with Crippen LogP contribution in [0.4, 0.5) is 5.69 Å². The van der Waals surface area contributed by atoms with E-state index >= 15 is 0 Å². The fourth-order valence-electron chi connectivity index (χ4n) is 3.89. The summed E-state index contributed by atoms with van der Waals surface area (Å²) >= 11 is 12.7. The van der Waals surface area contributed by atoms with Gasteiger partial charge in [-0.2, -0.15) is 0 Å². The number of benzene rings is 1. The molecule has 0 aliphatic carbocycles. The molecule has 2 N–H and O–H groups in total. The molecule has 2 atom stereocenters. The lowest BCUT2D eigenvalue weighted by Gasteiger charge is -2.39. The molecular formula is C22H25Cl2N3O5. The summed E-state index contributed by atoms with van der Waals surface area (Å²) in [7, 11) is 2.51. The van der Waals surface area contributed by atoms with E-state index in [1.54, 1.807) is 18.2 Å². The topological polar surface area (TPSA) is 97.0 Å². The second-order valence-electron chi connectivity index (χ2n) is 7.67. The molecule has 2 unspecified atom stereocenters. The second kappa shape index (κ2) is 10.4. The summed E-state index contributed by atoms with van der Waals surface area (Å²) in [6.07, 6.45) is 1.43. The van der Waals surface area contributed by atoms with Crippen LogP contribution in [0.15, 0.2) is 41.2 Å². The second-order valence-corrected chi connectivity index (χ2v) is 8.48. The number of Topliss-reactive ketones (excluding diaryl/α,β-unsaturated/α-hetero) is 1. The molecule has 0 spiro atoms. The molecule has 1 aromatic rings. The average molecular weight is 482 g/mol. The zero-order valence-electron chi connectivity index (χ0n) is 18.0. The molecule has 10 heteroatoms. The summed E-state index contributed by atoms with van der Waals surface area (Å²) in [4.78, 5) is 39.3. The maximum atomic E-state index is 13.2. The SMILES string of the molecule is COC(=O)C1=CNC(CC(=O)C2CN(c3c(Cl)cccc3Cl)CC(C)N2)=C(C(=O)OC)C1. The number of hydrogen-bond donors (Lipinski definition) is 2. The van der Waals surface area contributed by atoms with E-state index in [4.69, 9.17) is 32.7 Å². The van der Waals surface area contributed by atoms with Crippen molar-refractivity contribution in [2.24, 2.45) is 0 Å².